The number of aromatic nitrogens is 1. The number of pyridine rings is 1. The maximum absolute atomic E-state index is 13.4. The number of nitrogens with one attached hydrogen (secondary N) is 1. The summed E-state index contributed by atoms with van der Waals surface area (Å²) in [6.07, 6.45) is -2.44. The van der Waals surface area contributed by atoms with E-state index >= 15 is 0 Å². The van der Waals surface area contributed by atoms with E-state index in [9.17, 15) is 22.4 Å². The number of hydrogen-bond donors (Lipinski definition) is 1. The van der Waals surface area contributed by atoms with E-state index in [1.165, 1.54) is 12.3 Å². The van der Waals surface area contributed by atoms with Gasteiger partial charge in [0.05, 0.1) is 23.0 Å². The lowest BCUT2D eigenvalue weighted by molar-refractivity contribution is -0.137. The molecule has 2 rings (SSSR count). The second kappa shape index (κ2) is 5.80. The fourth-order valence-electron chi connectivity index (χ4n) is 1.54. The number of carbonyl (C=O) groups is 1. The van der Waals surface area contributed by atoms with E-state index in [1.54, 1.807) is 0 Å². The average molecular weight is 363 g/mol. The molecule has 1 N–H and O–H groups in total. The van der Waals surface area contributed by atoms with Crippen LogP contribution >= 0.6 is 15.9 Å². The molecule has 21 heavy (non-hydrogen) atoms. The number of rotatable bonds is 2. The molecule has 1 heterocycles. The highest BCUT2D eigenvalue weighted by molar-refractivity contribution is 9.10. The zero-order chi connectivity index (χ0) is 15.6. The highest BCUT2D eigenvalue weighted by atomic mass is 79.9. The van der Waals surface area contributed by atoms with E-state index in [4.69, 9.17) is 0 Å². The molecule has 2 aromatic rings. The van der Waals surface area contributed by atoms with Crippen LogP contribution in [0.4, 0.5) is 23.2 Å². The molecule has 1 aromatic heterocycles. The van der Waals surface area contributed by atoms with Crippen molar-refractivity contribution in [2.75, 3.05) is 5.32 Å². The van der Waals surface area contributed by atoms with E-state index in [-0.39, 0.29) is 15.7 Å². The van der Waals surface area contributed by atoms with Gasteiger partial charge in [-0.15, -0.1) is 0 Å². The van der Waals surface area contributed by atoms with E-state index in [0.29, 0.717) is 6.07 Å². The number of nitrogens with zero attached hydrogens (tertiary/aromatic N) is 1. The number of carbonyl (C=O) groups excluding carboxylic acids is 1. The highest BCUT2D eigenvalue weighted by Gasteiger charge is 2.31. The number of alkyl halides is 3. The topological polar surface area (TPSA) is 42.0 Å². The van der Waals surface area contributed by atoms with Crippen LogP contribution < -0.4 is 5.32 Å². The minimum Gasteiger partial charge on any atom is -0.319 e. The Morgan fingerprint density at radius 3 is 2.57 bits per heavy atom. The summed E-state index contributed by atoms with van der Waals surface area (Å²) in [7, 11) is 0. The van der Waals surface area contributed by atoms with Crippen LogP contribution in [0.5, 0.6) is 0 Å². The third-order valence-electron chi connectivity index (χ3n) is 2.56. The van der Waals surface area contributed by atoms with Crippen molar-refractivity contribution >= 4 is 27.5 Å². The van der Waals surface area contributed by atoms with Gasteiger partial charge >= 0.3 is 6.18 Å². The summed E-state index contributed by atoms with van der Waals surface area (Å²) >= 11 is 3.00. The van der Waals surface area contributed by atoms with Crippen molar-refractivity contribution in [2.24, 2.45) is 0 Å². The molecule has 0 aliphatic carbocycles. The Balaban J connectivity index is 2.33. The monoisotopic (exact) mass is 362 g/mol. The number of benzene rings is 1. The van der Waals surface area contributed by atoms with Crippen LogP contribution in [0.1, 0.15) is 15.9 Å². The molecule has 0 saturated carbocycles. The van der Waals surface area contributed by atoms with Gasteiger partial charge in [0, 0.05) is 10.7 Å². The molecular formula is C13H7BrF4N2O. The smallest absolute Gasteiger partial charge is 0.319 e. The lowest BCUT2D eigenvalue weighted by atomic mass is 10.1. The summed E-state index contributed by atoms with van der Waals surface area (Å²) in [4.78, 5) is 15.5. The Morgan fingerprint density at radius 2 is 1.95 bits per heavy atom. The molecule has 1 amide bonds. The molecule has 0 aliphatic rings. The van der Waals surface area contributed by atoms with Gasteiger partial charge in [0.1, 0.15) is 0 Å². The standard InChI is InChI=1S/C13H7BrF4N2O/c14-9-2-1-7(13(16,17)18)5-8(9)12(21)20-11-3-4-19-6-10(11)15/h1-6H,(H,19,20,21). The van der Waals surface area contributed by atoms with Gasteiger partial charge in [-0.3, -0.25) is 9.78 Å². The number of amides is 1. The first-order valence-electron chi connectivity index (χ1n) is 5.56. The zero-order valence-corrected chi connectivity index (χ0v) is 11.8. The van der Waals surface area contributed by atoms with Crippen LogP contribution in [0.25, 0.3) is 0 Å². The molecule has 0 unspecified atom stereocenters. The fourth-order valence-corrected chi connectivity index (χ4v) is 1.97. The summed E-state index contributed by atoms with van der Waals surface area (Å²) in [6, 6.07) is 3.85. The molecule has 0 spiro atoms. The molecule has 0 fully saturated rings. The van der Waals surface area contributed by atoms with E-state index < -0.39 is 23.5 Å². The Kier molecular flexibility index (Phi) is 4.26. The zero-order valence-electron chi connectivity index (χ0n) is 10.2. The van der Waals surface area contributed by atoms with Crippen molar-refractivity contribution in [1.29, 1.82) is 0 Å². The van der Waals surface area contributed by atoms with Crippen LogP contribution in [0.3, 0.4) is 0 Å². The van der Waals surface area contributed by atoms with Gasteiger partial charge in [0.15, 0.2) is 5.82 Å². The predicted molar refractivity (Wildman–Crippen MR) is 71.3 cm³/mol. The van der Waals surface area contributed by atoms with Gasteiger partial charge in [-0.25, -0.2) is 4.39 Å². The Hall–Kier alpha value is -1.96. The van der Waals surface area contributed by atoms with Gasteiger partial charge in [0.2, 0.25) is 0 Å². The molecule has 0 aliphatic heterocycles. The molecule has 0 radical (unpaired) electrons. The van der Waals surface area contributed by atoms with E-state index in [1.807, 2.05) is 0 Å². The van der Waals surface area contributed by atoms with Crippen LogP contribution in [0.15, 0.2) is 41.1 Å². The normalized spacial score (nSPS) is 11.3. The van der Waals surface area contributed by atoms with Crippen molar-refractivity contribution in [1.82, 2.24) is 4.98 Å². The average Bonchev–Trinajstić information content (AvgIpc) is 2.40. The molecule has 1 aromatic carbocycles. The van der Waals surface area contributed by atoms with E-state index in [2.05, 4.69) is 26.2 Å². The summed E-state index contributed by atoms with van der Waals surface area (Å²) in [5, 5.41) is 2.19. The summed E-state index contributed by atoms with van der Waals surface area (Å²) < 4.78 is 51.5. The number of halogens is 5. The number of anilines is 1. The lowest BCUT2D eigenvalue weighted by Gasteiger charge is -2.11. The van der Waals surface area contributed by atoms with Crippen LogP contribution in [-0.2, 0) is 6.18 Å². The predicted octanol–water partition coefficient (Wildman–Crippen LogP) is 4.25. The van der Waals surface area contributed by atoms with Crippen LogP contribution in [0.2, 0.25) is 0 Å². The molecule has 0 bridgehead atoms. The van der Waals surface area contributed by atoms with Crippen molar-refractivity contribution in [3.05, 3.63) is 58.1 Å². The quantitative estimate of drug-likeness (QED) is 0.811. The second-order valence-corrected chi connectivity index (χ2v) is 4.86. The van der Waals surface area contributed by atoms with Crippen LogP contribution in [0, 0.1) is 5.82 Å². The van der Waals surface area contributed by atoms with Gasteiger partial charge in [-0.05, 0) is 40.2 Å². The van der Waals surface area contributed by atoms with Gasteiger partial charge in [-0.2, -0.15) is 13.2 Å². The fraction of sp³-hybridized carbons (Fsp3) is 0.0769. The van der Waals surface area contributed by atoms with Gasteiger partial charge < -0.3 is 5.32 Å². The largest absolute Gasteiger partial charge is 0.416 e. The summed E-state index contributed by atoms with van der Waals surface area (Å²) in [5.41, 5.74) is -1.38. The first-order chi connectivity index (χ1) is 9.79. The third-order valence-corrected chi connectivity index (χ3v) is 3.25. The Labute approximate surface area is 125 Å². The van der Waals surface area contributed by atoms with E-state index in [0.717, 1.165) is 18.3 Å². The molecule has 110 valence electrons. The summed E-state index contributed by atoms with van der Waals surface area (Å²) in [5.74, 6) is -1.65. The molecular weight excluding hydrogens is 356 g/mol. The lowest BCUT2D eigenvalue weighted by Crippen LogP contribution is -2.15. The maximum atomic E-state index is 13.4. The first-order valence-corrected chi connectivity index (χ1v) is 6.36. The van der Waals surface area contributed by atoms with Crippen molar-refractivity contribution < 1.29 is 22.4 Å². The summed E-state index contributed by atoms with van der Waals surface area (Å²) in [6.45, 7) is 0. The highest BCUT2D eigenvalue weighted by Crippen LogP contribution is 2.32. The van der Waals surface area contributed by atoms with Crippen molar-refractivity contribution in [3.8, 4) is 0 Å². The molecule has 0 atom stereocenters. The van der Waals surface area contributed by atoms with Gasteiger partial charge in [-0.1, -0.05) is 0 Å². The minimum absolute atomic E-state index is 0.167. The maximum Gasteiger partial charge on any atom is 0.416 e. The Bertz CT molecular complexity index is 688. The SMILES string of the molecule is O=C(Nc1ccncc1F)c1cc(C(F)(F)F)ccc1Br. The Morgan fingerprint density at radius 1 is 1.24 bits per heavy atom. The minimum atomic E-state index is -4.57. The van der Waals surface area contributed by atoms with Gasteiger partial charge in [0.25, 0.3) is 5.91 Å². The molecule has 8 heteroatoms. The van der Waals surface area contributed by atoms with Crippen molar-refractivity contribution in [2.45, 2.75) is 6.18 Å². The van der Waals surface area contributed by atoms with Crippen molar-refractivity contribution in [3.63, 3.8) is 0 Å². The van der Waals surface area contributed by atoms with Crippen LogP contribution in [-0.4, -0.2) is 10.9 Å². The number of hydrogen-bond acceptors (Lipinski definition) is 2. The molecule has 3 nitrogen and oxygen atoms in total. The molecule has 0 saturated heterocycles. The third kappa shape index (κ3) is 3.57. The second-order valence-electron chi connectivity index (χ2n) is 4.00. The first kappa shape index (κ1) is 15.4.